The van der Waals surface area contributed by atoms with E-state index in [0.29, 0.717) is 10.7 Å². The summed E-state index contributed by atoms with van der Waals surface area (Å²) in [6.45, 7) is 2.70. The Balaban J connectivity index is 1.81. The number of carbonyl (C=O) groups is 3. The van der Waals surface area contributed by atoms with Gasteiger partial charge in [-0.25, -0.2) is 14.2 Å². The van der Waals surface area contributed by atoms with Gasteiger partial charge >= 0.3 is 5.97 Å². The summed E-state index contributed by atoms with van der Waals surface area (Å²) in [5.41, 5.74) is 0.452. The molecular weight excluding hydrogens is 385 g/mol. The minimum Gasteiger partial charge on any atom is -0.423 e. The van der Waals surface area contributed by atoms with Crippen molar-refractivity contribution in [2.75, 3.05) is 0 Å². The molecule has 0 spiro atoms. The molecule has 0 aromatic heterocycles. The highest BCUT2D eigenvalue weighted by molar-refractivity contribution is 8.14. The third-order valence-electron chi connectivity index (χ3n) is 3.70. The Kier molecular flexibility index (Phi) is 5.74. The van der Waals surface area contributed by atoms with Crippen molar-refractivity contribution in [3.05, 3.63) is 65.5 Å². The van der Waals surface area contributed by atoms with Gasteiger partial charge in [-0.2, -0.15) is 0 Å². The highest BCUT2D eigenvalue weighted by Gasteiger charge is 2.32. The number of hydrazone groups is 1. The van der Waals surface area contributed by atoms with E-state index >= 15 is 0 Å². The molecule has 0 saturated carbocycles. The van der Waals surface area contributed by atoms with E-state index in [-0.39, 0.29) is 23.1 Å². The molecule has 144 valence electrons. The van der Waals surface area contributed by atoms with Crippen molar-refractivity contribution < 1.29 is 23.5 Å². The standard InChI is InChI=1S/C19H16FN3O4S/c1-11(24)21-19-22-23(12(2)25)17(28-19)13-6-5-7-14(10-13)27-18(26)15-8-3-4-9-16(15)20/h3-10,17H,1-2H3,(H,21,22,24)/t17-/m1/s1. The second kappa shape index (κ2) is 8.22. The van der Waals surface area contributed by atoms with Crippen LogP contribution in [-0.4, -0.2) is 28.0 Å². The predicted octanol–water partition coefficient (Wildman–Crippen LogP) is 3.05. The van der Waals surface area contributed by atoms with E-state index in [0.717, 1.165) is 0 Å². The minimum absolute atomic E-state index is 0.176. The summed E-state index contributed by atoms with van der Waals surface area (Å²) >= 11 is 1.18. The van der Waals surface area contributed by atoms with Crippen LogP contribution in [0.15, 0.2) is 53.6 Å². The molecule has 2 amide bonds. The van der Waals surface area contributed by atoms with Crippen LogP contribution in [0, 0.1) is 5.82 Å². The molecule has 2 aromatic carbocycles. The molecular formula is C19H16FN3O4S. The van der Waals surface area contributed by atoms with Crippen LogP contribution in [0.2, 0.25) is 0 Å². The van der Waals surface area contributed by atoms with E-state index in [2.05, 4.69) is 10.4 Å². The summed E-state index contributed by atoms with van der Waals surface area (Å²) in [7, 11) is 0. The maximum absolute atomic E-state index is 13.8. The van der Waals surface area contributed by atoms with Crippen LogP contribution >= 0.6 is 11.8 Å². The Hall–Kier alpha value is -3.20. The van der Waals surface area contributed by atoms with E-state index in [1.54, 1.807) is 24.3 Å². The lowest BCUT2D eigenvalue weighted by Gasteiger charge is -2.19. The predicted molar refractivity (Wildman–Crippen MR) is 102 cm³/mol. The Morgan fingerprint density at radius 2 is 1.89 bits per heavy atom. The number of benzene rings is 2. The second-order valence-corrected chi connectivity index (χ2v) is 6.93. The van der Waals surface area contributed by atoms with Crippen LogP contribution in [0.4, 0.5) is 4.39 Å². The molecule has 0 unspecified atom stereocenters. The zero-order chi connectivity index (χ0) is 20.3. The summed E-state index contributed by atoms with van der Waals surface area (Å²) < 4.78 is 19.0. The molecule has 7 nitrogen and oxygen atoms in total. The SMILES string of the molecule is CC(=O)NC1=NN(C(C)=O)[C@@H](c2cccc(OC(=O)c3ccccc3F)c2)S1. The van der Waals surface area contributed by atoms with Crippen molar-refractivity contribution in [3.63, 3.8) is 0 Å². The minimum atomic E-state index is -0.826. The molecule has 0 saturated heterocycles. The molecule has 28 heavy (non-hydrogen) atoms. The lowest BCUT2D eigenvalue weighted by molar-refractivity contribution is -0.129. The quantitative estimate of drug-likeness (QED) is 0.631. The average molecular weight is 401 g/mol. The van der Waals surface area contributed by atoms with Gasteiger partial charge in [0.05, 0.1) is 5.56 Å². The van der Waals surface area contributed by atoms with Gasteiger partial charge in [0.15, 0.2) is 5.17 Å². The average Bonchev–Trinajstić information content (AvgIpc) is 3.05. The molecule has 1 atom stereocenters. The van der Waals surface area contributed by atoms with Crippen molar-refractivity contribution >= 4 is 34.7 Å². The fourth-order valence-corrected chi connectivity index (χ4v) is 3.63. The number of amides is 2. The highest BCUT2D eigenvalue weighted by Crippen LogP contribution is 2.39. The van der Waals surface area contributed by atoms with Crippen molar-refractivity contribution in [2.24, 2.45) is 5.10 Å². The van der Waals surface area contributed by atoms with Gasteiger partial charge in [-0.05, 0) is 29.8 Å². The first-order chi connectivity index (χ1) is 13.3. The monoisotopic (exact) mass is 401 g/mol. The van der Waals surface area contributed by atoms with E-state index in [1.807, 2.05) is 0 Å². The third-order valence-corrected chi connectivity index (χ3v) is 4.80. The molecule has 1 heterocycles. The van der Waals surface area contributed by atoms with Crippen LogP contribution in [0.25, 0.3) is 0 Å². The number of carbonyl (C=O) groups excluding carboxylic acids is 3. The first-order valence-corrected chi connectivity index (χ1v) is 9.12. The lowest BCUT2D eigenvalue weighted by atomic mass is 10.2. The first kappa shape index (κ1) is 19.6. The van der Waals surface area contributed by atoms with Crippen LogP contribution in [0.3, 0.4) is 0 Å². The molecule has 9 heteroatoms. The molecule has 1 aliphatic heterocycles. The Morgan fingerprint density at radius 3 is 2.57 bits per heavy atom. The van der Waals surface area contributed by atoms with E-state index < -0.39 is 17.2 Å². The third kappa shape index (κ3) is 4.37. The number of halogens is 1. The Bertz CT molecular complexity index is 979. The van der Waals surface area contributed by atoms with Gasteiger partial charge in [0.25, 0.3) is 0 Å². The molecule has 0 aliphatic carbocycles. The van der Waals surface area contributed by atoms with Gasteiger partial charge in [-0.1, -0.05) is 36.0 Å². The summed E-state index contributed by atoms with van der Waals surface area (Å²) in [5, 5.41) is 7.65. The Morgan fingerprint density at radius 1 is 1.14 bits per heavy atom. The molecule has 2 aromatic rings. The topological polar surface area (TPSA) is 88.1 Å². The number of nitrogens with zero attached hydrogens (tertiary/aromatic N) is 2. The van der Waals surface area contributed by atoms with Crippen LogP contribution in [0.5, 0.6) is 5.75 Å². The van der Waals surface area contributed by atoms with Gasteiger partial charge in [-0.15, -0.1) is 5.10 Å². The van der Waals surface area contributed by atoms with Crippen molar-refractivity contribution in [3.8, 4) is 5.75 Å². The highest BCUT2D eigenvalue weighted by atomic mass is 32.2. The van der Waals surface area contributed by atoms with Gasteiger partial charge in [-0.3, -0.25) is 9.59 Å². The molecule has 0 fully saturated rings. The lowest BCUT2D eigenvalue weighted by Crippen LogP contribution is -2.25. The maximum atomic E-state index is 13.8. The molecule has 0 radical (unpaired) electrons. The molecule has 3 rings (SSSR count). The fraction of sp³-hybridized carbons (Fsp3) is 0.158. The van der Waals surface area contributed by atoms with Crippen molar-refractivity contribution in [2.45, 2.75) is 19.2 Å². The zero-order valence-electron chi connectivity index (χ0n) is 15.0. The van der Waals surface area contributed by atoms with Crippen molar-refractivity contribution in [1.29, 1.82) is 0 Å². The smallest absolute Gasteiger partial charge is 0.346 e. The number of esters is 1. The number of nitrogens with one attached hydrogen (secondary N) is 1. The van der Waals surface area contributed by atoms with Crippen LogP contribution in [-0.2, 0) is 9.59 Å². The number of hydrogen-bond acceptors (Lipinski definition) is 6. The zero-order valence-corrected chi connectivity index (χ0v) is 15.8. The van der Waals surface area contributed by atoms with E-state index in [1.165, 1.54) is 54.9 Å². The van der Waals surface area contributed by atoms with Gasteiger partial charge in [0.1, 0.15) is 16.9 Å². The number of hydrogen-bond donors (Lipinski definition) is 1. The van der Waals surface area contributed by atoms with Crippen molar-refractivity contribution in [1.82, 2.24) is 10.3 Å². The second-order valence-electron chi connectivity index (χ2n) is 5.86. The van der Waals surface area contributed by atoms with Crippen LogP contribution < -0.4 is 10.1 Å². The molecule has 0 bridgehead atoms. The summed E-state index contributed by atoms with van der Waals surface area (Å²) in [4.78, 5) is 35.4. The number of thioether (sulfide) groups is 1. The fourth-order valence-electron chi connectivity index (χ4n) is 2.50. The van der Waals surface area contributed by atoms with E-state index in [9.17, 15) is 18.8 Å². The maximum Gasteiger partial charge on any atom is 0.346 e. The first-order valence-electron chi connectivity index (χ1n) is 8.24. The van der Waals surface area contributed by atoms with E-state index in [4.69, 9.17) is 4.74 Å². The molecule has 1 aliphatic rings. The van der Waals surface area contributed by atoms with Gasteiger partial charge in [0.2, 0.25) is 11.8 Å². The van der Waals surface area contributed by atoms with Gasteiger partial charge < -0.3 is 10.1 Å². The number of ether oxygens (including phenoxy) is 1. The summed E-state index contributed by atoms with van der Waals surface area (Å²) in [6, 6.07) is 12.0. The van der Waals surface area contributed by atoms with Crippen LogP contribution in [0.1, 0.15) is 35.1 Å². The summed E-state index contributed by atoms with van der Waals surface area (Å²) in [6.07, 6.45) is 0. The number of rotatable bonds is 3. The van der Waals surface area contributed by atoms with Gasteiger partial charge in [0, 0.05) is 13.8 Å². The normalized spacial score (nSPS) is 15.8. The summed E-state index contributed by atoms with van der Waals surface area (Å²) in [5.74, 6) is -1.92. The Labute approximate surface area is 164 Å². The largest absolute Gasteiger partial charge is 0.423 e. The molecule has 1 N–H and O–H groups in total. The number of amidine groups is 1.